The molecule has 0 aliphatic carbocycles. The van der Waals surface area contributed by atoms with Crippen molar-refractivity contribution in [2.24, 2.45) is 4.99 Å². The average molecular weight is 244 g/mol. The van der Waals surface area contributed by atoms with Crippen LogP contribution in [0.25, 0.3) is 0 Å². The Morgan fingerprint density at radius 1 is 0.882 bits per heavy atom. The minimum absolute atomic E-state index is 0.0256. The average Bonchev–Trinajstić information content (AvgIpc) is 2.40. The molecule has 3 heteroatoms. The molecule has 2 rings (SSSR count). The topological polar surface area (TPSA) is 29.4 Å². The molecule has 0 spiro atoms. The van der Waals surface area contributed by atoms with Gasteiger partial charge in [-0.15, -0.1) is 0 Å². The van der Waals surface area contributed by atoms with Crippen LogP contribution in [0.3, 0.4) is 0 Å². The van der Waals surface area contributed by atoms with Crippen LogP contribution in [0, 0.1) is 0 Å². The highest BCUT2D eigenvalue weighted by molar-refractivity contribution is 6.85. The molecule has 0 fully saturated rings. The molecular formula is C14H10ClNO. The number of hydrogen-bond donors (Lipinski definition) is 0. The van der Waals surface area contributed by atoms with Crippen LogP contribution in [-0.4, -0.2) is 11.0 Å². The van der Waals surface area contributed by atoms with Gasteiger partial charge in [0.25, 0.3) is 0 Å². The molecule has 0 N–H and O–H groups in total. The predicted octanol–water partition coefficient (Wildman–Crippen LogP) is 3.84. The number of Topliss-reactive ketones (excluding diaryl/α,β-unsaturated/α-hetero) is 1. The van der Waals surface area contributed by atoms with Gasteiger partial charge in [0.2, 0.25) is 5.78 Å². The van der Waals surface area contributed by atoms with E-state index in [1.165, 1.54) is 0 Å². The third kappa shape index (κ3) is 3.02. The summed E-state index contributed by atoms with van der Waals surface area (Å²) in [5, 5.41) is -0.0256. The highest BCUT2D eigenvalue weighted by Crippen LogP contribution is 2.13. The summed E-state index contributed by atoms with van der Waals surface area (Å²) in [5.41, 5.74) is 1.21. The Hall–Kier alpha value is -1.93. The third-order valence-electron chi connectivity index (χ3n) is 2.21. The molecule has 2 nitrogen and oxygen atoms in total. The Morgan fingerprint density at radius 2 is 1.41 bits per heavy atom. The molecule has 0 aliphatic heterocycles. The van der Waals surface area contributed by atoms with E-state index in [0.29, 0.717) is 11.3 Å². The van der Waals surface area contributed by atoms with E-state index in [2.05, 4.69) is 4.99 Å². The highest BCUT2D eigenvalue weighted by atomic mass is 35.5. The van der Waals surface area contributed by atoms with Crippen molar-refractivity contribution in [2.45, 2.75) is 0 Å². The van der Waals surface area contributed by atoms with Crippen molar-refractivity contribution in [1.82, 2.24) is 0 Å². The first-order valence-electron chi connectivity index (χ1n) is 5.16. The van der Waals surface area contributed by atoms with Crippen molar-refractivity contribution in [3.63, 3.8) is 0 Å². The minimum Gasteiger partial charge on any atom is -0.286 e. The number of carbonyl (C=O) groups excluding carboxylic acids is 1. The number of aliphatic imine (C=N–C) groups is 1. The second-order valence-corrected chi connectivity index (χ2v) is 3.79. The van der Waals surface area contributed by atoms with Gasteiger partial charge < -0.3 is 0 Å². The molecule has 0 saturated carbocycles. The van der Waals surface area contributed by atoms with Gasteiger partial charge in [-0.1, -0.05) is 60.1 Å². The Labute approximate surface area is 105 Å². The number of rotatable bonds is 3. The van der Waals surface area contributed by atoms with Gasteiger partial charge in [-0.2, -0.15) is 0 Å². The van der Waals surface area contributed by atoms with Gasteiger partial charge in [-0.05, 0) is 12.1 Å². The van der Waals surface area contributed by atoms with Crippen molar-refractivity contribution < 1.29 is 4.79 Å². The molecule has 2 aromatic rings. The second-order valence-electron chi connectivity index (χ2n) is 3.43. The standard InChI is InChI=1S/C14H10ClNO/c15-14(16-12-9-5-2-6-10-12)13(17)11-7-3-1-4-8-11/h1-10H. The summed E-state index contributed by atoms with van der Waals surface area (Å²) in [6, 6.07) is 18.0. The molecule has 0 aliphatic rings. The zero-order valence-corrected chi connectivity index (χ0v) is 9.76. The maximum Gasteiger partial charge on any atom is 0.222 e. The molecule has 0 saturated heterocycles. The number of benzene rings is 2. The third-order valence-corrected chi connectivity index (χ3v) is 2.46. The summed E-state index contributed by atoms with van der Waals surface area (Å²) >= 11 is 5.90. The Balaban J connectivity index is 2.24. The summed E-state index contributed by atoms with van der Waals surface area (Å²) in [6.07, 6.45) is 0. The SMILES string of the molecule is O=C(C(Cl)=Nc1ccccc1)c1ccccc1. The molecule has 0 bridgehead atoms. The van der Waals surface area contributed by atoms with Crippen LogP contribution in [0.1, 0.15) is 10.4 Å². The lowest BCUT2D eigenvalue weighted by Crippen LogP contribution is -2.07. The number of carbonyl (C=O) groups is 1. The van der Waals surface area contributed by atoms with E-state index in [1.807, 2.05) is 24.3 Å². The van der Waals surface area contributed by atoms with E-state index >= 15 is 0 Å². The van der Waals surface area contributed by atoms with E-state index in [1.54, 1.807) is 36.4 Å². The first kappa shape index (κ1) is 11.6. The minimum atomic E-state index is -0.267. The Bertz CT molecular complexity index is 535. The van der Waals surface area contributed by atoms with Gasteiger partial charge in [-0.25, -0.2) is 4.99 Å². The maximum absolute atomic E-state index is 11.9. The van der Waals surface area contributed by atoms with Crippen LogP contribution in [0.4, 0.5) is 5.69 Å². The second kappa shape index (κ2) is 5.41. The van der Waals surface area contributed by atoms with Gasteiger partial charge in [0, 0.05) is 5.56 Å². The first-order chi connectivity index (χ1) is 8.27. The molecule has 0 atom stereocenters. The van der Waals surface area contributed by atoms with Crippen molar-refractivity contribution >= 4 is 28.2 Å². The fourth-order valence-electron chi connectivity index (χ4n) is 1.38. The Kier molecular flexibility index (Phi) is 3.68. The molecule has 17 heavy (non-hydrogen) atoms. The summed E-state index contributed by atoms with van der Waals surface area (Å²) in [7, 11) is 0. The number of para-hydroxylation sites is 1. The van der Waals surface area contributed by atoms with Crippen molar-refractivity contribution in [3.05, 3.63) is 66.2 Å². The van der Waals surface area contributed by atoms with Crippen LogP contribution in [-0.2, 0) is 0 Å². The fourth-order valence-corrected chi connectivity index (χ4v) is 1.58. The number of halogens is 1. The van der Waals surface area contributed by atoms with Crippen molar-refractivity contribution in [2.75, 3.05) is 0 Å². The smallest absolute Gasteiger partial charge is 0.222 e. The van der Waals surface area contributed by atoms with Crippen molar-refractivity contribution in [1.29, 1.82) is 0 Å². The zero-order valence-electron chi connectivity index (χ0n) is 9.01. The molecule has 0 unspecified atom stereocenters. The lowest BCUT2D eigenvalue weighted by molar-refractivity contribution is 0.106. The fraction of sp³-hybridized carbons (Fsp3) is 0. The summed E-state index contributed by atoms with van der Waals surface area (Å²) < 4.78 is 0. The lowest BCUT2D eigenvalue weighted by Gasteiger charge is -1.98. The van der Waals surface area contributed by atoms with E-state index in [-0.39, 0.29) is 11.0 Å². The van der Waals surface area contributed by atoms with Gasteiger partial charge in [0.15, 0.2) is 5.17 Å². The van der Waals surface area contributed by atoms with Crippen molar-refractivity contribution in [3.8, 4) is 0 Å². The molecule has 0 heterocycles. The number of hydrogen-bond acceptors (Lipinski definition) is 2. The molecule has 84 valence electrons. The normalized spacial score (nSPS) is 11.2. The predicted molar refractivity (Wildman–Crippen MR) is 70.2 cm³/mol. The van der Waals surface area contributed by atoms with Crippen LogP contribution < -0.4 is 0 Å². The largest absolute Gasteiger partial charge is 0.286 e. The van der Waals surface area contributed by atoms with Crippen LogP contribution in [0.15, 0.2) is 65.7 Å². The van der Waals surface area contributed by atoms with Gasteiger partial charge in [-0.3, -0.25) is 4.79 Å². The van der Waals surface area contributed by atoms with Gasteiger partial charge in [0.1, 0.15) is 0 Å². The molecule has 2 aromatic carbocycles. The van der Waals surface area contributed by atoms with E-state index in [9.17, 15) is 4.79 Å². The first-order valence-corrected chi connectivity index (χ1v) is 5.54. The van der Waals surface area contributed by atoms with E-state index in [0.717, 1.165) is 0 Å². The summed E-state index contributed by atoms with van der Waals surface area (Å²) in [4.78, 5) is 16.0. The highest BCUT2D eigenvalue weighted by Gasteiger charge is 2.10. The summed E-state index contributed by atoms with van der Waals surface area (Å²) in [6.45, 7) is 0. The number of nitrogens with zero attached hydrogens (tertiary/aromatic N) is 1. The van der Waals surface area contributed by atoms with Gasteiger partial charge >= 0.3 is 0 Å². The summed E-state index contributed by atoms with van der Waals surface area (Å²) in [5.74, 6) is -0.267. The lowest BCUT2D eigenvalue weighted by atomic mass is 10.1. The quantitative estimate of drug-likeness (QED) is 0.595. The molecule has 0 amide bonds. The molecule has 0 aromatic heterocycles. The molecular weight excluding hydrogens is 234 g/mol. The van der Waals surface area contributed by atoms with Crippen LogP contribution in [0.5, 0.6) is 0 Å². The van der Waals surface area contributed by atoms with Crippen LogP contribution in [0.2, 0.25) is 0 Å². The molecule has 0 radical (unpaired) electrons. The van der Waals surface area contributed by atoms with Gasteiger partial charge in [0.05, 0.1) is 5.69 Å². The number of ketones is 1. The van der Waals surface area contributed by atoms with E-state index in [4.69, 9.17) is 11.6 Å². The maximum atomic E-state index is 11.9. The zero-order chi connectivity index (χ0) is 12.1. The Morgan fingerprint density at radius 3 is 2.00 bits per heavy atom. The monoisotopic (exact) mass is 243 g/mol. The van der Waals surface area contributed by atoms with Crippen LogP contribution >= 0.6 is 11.6 Å². The van der Waals surface area contributed by atoms with E-state index < -0.39 is 0 Å².